The van der Waals surface area contributed by atoms with E-state index in [2.05, 4.69) is 10.2 Å². The zero-order valence-electron chi connectivity index (χ0n) is 14.7. The average molecular weight is 408 g/mol. The van der Waals surface area contributed by atoms with Gasteiger partial charge in [0.2, 0.25) is 0 Å². The van der Waals surface area contributed by atoms with Crippen molar-refractivity contribution in [1.82, 2.24) is 14.8 Å². The first-order valence-electron chi connectivity index (χ1n) is 8.05. The van der Waals surface area contributed by atoms with Gasteiger partial charge in [0.1, 0.15) is 12.4 Å². The van der Waals surface area contributed by atoms with E-state index in [1.54, 1.807) is 25.2 Å². The number of nitrogens with zero attached hydrogens (tertiary/aromatic N) is 2. The fraction of sp³-hybridized carbons (Fsp3) is 0.222. The van der Waals surface area contributed by atoms with Crippen molar-refractivity contribution in [2.24, 2.45) is 7.05 Å². The van der Waals surface area contributed by atoms with Gasteiger partial charge in [-0.3, -0.25) is 4.57 Å². The van der Waals surface area contributed by atoms with Crippen LogP contribution in [-0.2, 0) is 30.5 Å². The van der Waals surface area contributed by atoms with Crippen LogP contribution in [0.4, 0.5) is 0 Å². The number of halogens is 1. The van der Waals surface area contributed by atoms with Gasteiger partial charge < -0.3 is 9.29 Å². The second kappa shape index (κ2) is 8.08. The van der Waals surface area contributed by atoms with Crippen molar-refractivity contribution in [1.29, 1.82) is 0 Å². The van der Waals surface area contributed by atoms with Crippen LogP contribution in [0.3, 0.4) is 0 Å². The molecule has 1 unspecified atom stereocenters. The third kappa shape index (κ3) is 4.29. The third-order valence-corrected chi connectivity index (χ3v) is 5.14. The van der Waals surface area contributed by atoms with Gasteiger partial charge in [0.25, 0.3) is 0 Å². The predicted molar refractivity (Wildman–Crippen MR) is 104 cm³/mol. The molecule has 0 aliphatic heterocycles. The van der Waals surface area contributed by atoms with E-state index < -0.39 is 11.1 Å². The van der Waals surface area contributed by atoms with Crippen molar-refractivity contribution in [3.8, 4) is 16.9 Å². The summed E-state index contributed by atoms with van der Waals surface area (Å²) < 4.78 is 27.9. The Bertz CT molecular complexity index is 1060. The van der Waals surface area contributed by atoms with Crippen LogP contribution in [0, 0.1) is 6.92 Å². The molecule has 0 spiro atoms. The van der Waals surface area contributed by atoms with E-state index in [1.165, 1.54) is 4.57 Å². The van der Waals surface area contributed by atoms with Gasteiger partial charge in [-0.1, -0.05) is 35.9 Å². The quantitative estimate of drug-likeness (QED) is 0.612. The highest BCUT2D eigenvalue weighted by atomic mass is 35.5. The lowest BCUT2D eigenvalue weighted by Gasteiger charge is -2.16. The lowest BCUT2D eigenvalue weighted by Crippen LogP contribution is -2.15. The van der Waals surface area contributed by atoms with Crippen molar-refractivity contribution in [3.63, 3.8) is 0 Å². The Morgan fingerprint density at radius 1 is 1.30 bits per heavy atom. The number of nitrogens with one attached hydrogen (secondary N) is 1. The second-order valence-corrected chi connectivity index (χ2v) is 7.35. The van der Waals surface area contributed by atoms with Crippen LogP contribution < -0.4 is 10.4 Å². The topological polar surface area (TPSA) is 97.2 Å². The van der Waals surface area contributed by atoms with Crippen LogP contribution in [0.1, 0.15) is 17.0 Å². The van der Waals surface area contributed by atoms with E-state index in [4.69, 9.17) is 16.3 Å². The minimum Gasteiger partial charge on any atom is -0.485 e. The van der Waals surface area contributed by atoms with Gasteiger partial charge in [-0.2, -0.15) is 5.10 Å². The maximum Gasteiger partial charge on any atom is 0.343 e. The molecule has 0 aliphatic carbocycles. The number of aryl methyl sites for hydroxylation is 1. The van der Waals surface area contributed by atoms with E-state index in [0.29, 0.717) is 27.7 Å². The number of H-pyrrole nitrogens is 1. The molecule has 0 saturated carbocycles. The number of rotatable bonds is 6. The average Bonchev–Trinajstić information content (AvgIpc) is 2.94. The summed E-state index contributed by atoms with van der Waals surface area (Å²) in [5.74, 6) is 0.987. The maximum atomic E-state index is 11.5. The van der Waals surface area contributed by atoms with Gasteiger partial charge in [-0.15, -0.1) is 0 Å². The molecule has 27 heavy (non-hydrogen) atoms. The molecule has 2 aromatic carbocycles. The highest BCUT2D eigenvalue weighted by Crippen LogP contribution is 2.37. The molecule has 0 bridgehead atoms. The predicted octanol–water partition coefficient (Wildman–Crippen LogP) is 3.04. The first-order valence-corrected chi connectivity index (χ1v) is 9.71. The van der Waals surface area contributed by atoms with E-state index in [1.807, 2.05) is 25.1 Å². The fourth-order valence-electron chi connectivity index (χ4n) is 2.68. The molecule has 3 rings (SSSR count). The van der Waals surface area contributed by atoms with Crippen LogP contribution in [-0.4, -0.2) is 23.5 Å². The number of benzene rings is 2. The number of hydrogen-bond donors (Lipinski definition) is 2. The van der Waals surface area contributed by atoms with Crippen molar-refractivity contribution in [2.75, 3.05) is 0 Å². The highest BCUT2D eigenvalue weighted by molar-refractivity contribution is 7.78. The maximum absolute atomic E-state index is 11.5. The summed E-state index contributed by atoms with van der Waals surface area (Å²) in [6.07, 6.45) is 0. The minimum atomic E-state index is -1.98. The van der Waals surface area contributed by atoms with Crippen LogP contribution in [0.2, 0.25) is 5.02 Å². The summed E-state index contributed by atoms with van der Waals surface area (Å²) in [6.45, 7) is 1.94. The largest absolute Gasteiger partial charge is 0.485 e. The number of hydrogen-bond acceptors (Lipinski definition) is 4. The summed E-state index contributed by atoms with van der Waals surface area (Å²) in [5, 5.41) is 6.86. The Hall–Kier alpha value is -2.42. The van der Waals surface area contributed by atoms with Gasteiger partial charge >= 0.3 is 5.69 Å². The standard InChI is InChI=1S/C18H18ClN3O4S/c1-11-7-16(26-9-17-20-21-18(23)22(17)2)14(8-15(11)19)13-6-4-3-5-12(13)10-27(24)25/h3-8H,9-10H2,1-2H3,(H,21,23)(H,24,25). The summed E-state index contributed by atoms with van der Waals surface area (Å²) in [7, 11) is 1.60. The molecule has 2 N–H and O–H groups in total. The molecular formula is C18H18ClN3O4S. The molecule has 0 fully saturated rings. The van der Waals surface area contributed by atoms with Crippen molar-refractivity contribution in [2.45, 2.75) is 19.3 Å². The first-order chi connectivity index (χ1) is 12.9. The van der Waals surface area contributed by atoms with Crippen molar-refractivity contribution in [3.05, 3.63) is 68.9 Å². The monoisotopic (exact) mass is 407 g/mol. The van der Waals surface area contributed by atoms with Crippen LogP contribution in [0.15, 0.2) is 41.2 Å². The van der Waals surface area contributed by atoms with Gasteiger partial charge in [0.15, 0.2) is 16.9 Å². The molecule has 142 valence electrons. The molecule has 0 amide bonds. The van der Waals surface area contributed by atoms with Gasteiger partial charge in [-0.25, -0.2) is 14.1 Å². The van der Waals surface area contributed by atoms with E-state index in [-0.39, 0.29) is 18.0 Å². The molecule has 7 nitrogen and oxygen atoms in total. The SMILES string of the molecule is Cc1cc(OCc2n[nH]c(=O)n2C)c(-c2ccccc2CS(=O)O)cc1Cl. The molecular weight excluding hydrogens is 390 g/mol. The lowest BCUT2D eigenvalue weighted by atomic mass is 9.98. The second-order valence-electron chi connectivity index (χ2n) is 6.01. The number of ether oxygens (including phenoxy) is 1. The zero-order valence-corrected chi connectivity index (χ0v) is 16.3. The molecule has 9 heteroatoms. The summed E-state index contributed by atoms with van der Waals surface area (Å²) >= 11 is 4.34. The lowest BCUT2D eigenvalue weighted by molar-refractivity contribution is 0.292. The summed E-state index contributed by atoms with van der Waals surface area (Å²) in [5.41, 5.74) is 2.67. The Morgan fingerprint density at radius 3 is 2.70 bits per heavy atom. The smallest absolute Gasteiger partial charge is 0.343 e. The third-order valence-electron chi connectivity index (χ3n) is 4.18. The van der Waals surface area contributed by atoms with Gasteiger partial charge in [-0.05, 0) is 35.7 Å². The van der Waals surface area contributed by atoms with Gasteiger partial charge in [0.05, 0.1) is 5.75 Å². The molecule has 0 radical (unpaired) electrons. The normalized spacial score (nSPS) is 12.1. The molecule has 0 saturated heterocycles. The van der Waals surface area contributed by atoms with E-state index in [9.17, 15) is 13.6 Å². The Morgan fingerprint density at radius 2 is 2.04 bits per heavy atom. The fourth-order valence-corrected chi connectivity index (χ4v) is 3.36. The molecule has 1 heterocycles. The minimum absolute atomic E-state index is 0.00498. The van der Waals surface area contributed by atoms with Gasteiger partial charge in [0, 0.05) is 17.6 Å². The number of aromatic nitrogens is 3. The van der Waals surface area contributed by atoms with E-state index in [0.717, 1.165) is 11.1 Å². The van der Waals surface area contributed by atoms with E-state index >= 15 is 0 Å². The molecule has 1 aromatic heterocycles. The summed E-state index contributed by atoms with van der Waals surface area (Å²) in [6, 6.07) is 10.9. The van der Waals surface area contributed by atoms with Crippen LogP contribution >= 0.6 is 11.6 Å². The van der Waals surface area contributed by atoms with Crippen molar-refractivity contribution < 1.29 is 13.5 Å². The molecule has 1 atom stereocenters. The van der Waals surface area contributed by atoms with Crippen LogP contribution in [0.5, 0.6) is 5.75 Å². The zero-order chi connectivity index (χ0) is 19.6. The Balaban J connectivity index is 2.03. The highest BCUT2D eigenvalue weighted by Gasteiger charge is 2.15. The number of aromatic amines is 1. The van der Waals surface area contributed by atoms with Crippen LogP contribution in [0.25, 0.3) is 11.1 Å². The summed E-state index contributed by atoms with van der Waals surface area (Å²) in [4.78, 5) is 11.5. The Kier molecular flexibility index (Phi) is 5.79. The Labute approximate surface area is 163 Å². The molecule has 3 aromatic rings. The first kappa shape index (κ1) is 19.3. The molecule has 0 aliphatic rings. The van der Waals surface area contributed by atoms with Crippen molar-refractivity contribution >= 4 is 22.7 Å².